The molecular formula is C30H36O5. The summed E-state index contributed by atoms with van der Waals surface area (Å²) in [6.07, 6.45) is -0.821. The molecule has 3 aromatic rings. The third kappa shape index (κ3) is 7.47. The van der Waals surface area contributed by atoms with E-state index in [1.165, 1.54) is 0 Å². The molecule has 0 saturated carbocycles. The van der Waals surface area contributed by atoms with Gasteiger partial charge in [0.25, 0.3) is 0 Å². The molecule has 1 aliphatic rings. The van der Waals surface area contributed by atoms with Gasteiger partial charge in [-0.15, -0.1) is 0 Å². The molecule has 35 heavy (non-hydrogen) atoms. The molecule has 186 valence electrons. The van der Waals surface area contributed by atoms with Crippen LogP contribution in [-0.2, 0) is 32.2 Å². The fourth-order valence-corrected chi connectivity index (χ4v) is 4.44. The molecule has 4 atom stereocenters. The standard InChI is InChI=1S/C30H36O5/c1-30(2)34-27(25-17-10-5-11-18-25)29(35-30)28(33-22-24-15-8-4-9-16-24)26(31)19-12-20-32-21-23-13-6-3-7-14-23/h3-11,13-18,26-29,31H,12,19-22H2,1-2H3/t26-,27-,28-,29-/m1/s1. The molecule has 0 spiro atoms. The molecule has 0 amide bonds. The van der Waals surface area contributed by atoms with Crippen LogP contribution < -0.4 is 0 Å². The van der Waals surface area contributed by atoms with Gasteiger partial charge in [0.2, 0.25) is 0 Å². The third-order valence-corrected chi connectivity index (χ3v) is 6.15. The summed E-state index contributed by atoms with van der Waals surface area (Å²) < 4.78 is 24.8. The summed E-state index contributed by atoms with van der Waals surface area (Å²) in [6, 6.07) is 30.1. The van der Waals surface area contributed by atoms with E-state index >= 15 is 0 Å². The average Bonchev–Trinajstić information content (AvgIpc) is 3.21. The van der Waals surface area contributed by atoms with Gasteiger partial charge in [-0.05, 0) is 43.4 Å². The fraction of sp³-hybridized carbons (Fsp3) is 0.400. The Balaban J connectivity index is 1.42. The third-order valence-electron chi connectivity index (χ3n) is 6.15. The molecule has 3 aromatic carbocycles. The zero-order valence-corrected chi connectivity index (χ0v) is 20.6. The number of hydrogen-bond donors (Lipinski definition) is 1. The van der Waals surface area contributed by atoms with E-state index in [4.69, 9.17) is 18.9 Å². The fourth-order valence-electron chi connectivity index (χ4n) is 4.44. The van der Waals surface area contributed by atoms with E-state index in [-0.39, 0.29) is 6.10 Å². The largest absolute Gasteiger partial charge is 0.390 e. The van der Waals surface area contributed by atoms with Crippen molar-refractivity contribution in [2.24, 2.45) is 0 Å². The molecule has 1 N–H and O–H groups in total. The first kappa shape index (κ1) is 25.5. The molecular weight excluding hydrogens is 440 g/mol. The number of rotatable bonds is 12. The Morgan fingerprint density at radius 2 is 1.37 bits per heavy atom. The van der Waals surface area contributed by atoms with Gasteiger partial charge in [0.15, 0.2) is 5.79 Å². The van der Waals surface area contributed by atoms with E-state index in [0.717, 1.165) is 16.7 Å². The van der Waals surface area contributed by atoms with Crippen LogP contribution >= 0.6 is 0 Å². The Morgan fingerprint density at radius 3 is 2.00 bits per heavy atom. The lowest BCUT2D eigenvalue weighted by molar-refractivity contribution is -0.173. The molecule has 5 heteroatoms. The minimum Gasteiger partial charge on any atom is -0.390 e. The summed E-state index contributed by atoms with van der Waals surface area (Å²) in [7, 11) is 0. The highest BCUT2D eigenvalue weighted by Gasteiger charge is 2.48. The van der Waals surface area contributed by atoms with E-state index in [0.29, 0.717) is 32.7 Å². The Kier molecular flexibility index (Phi) is 9.07. The molecule has 1 saturated heterocycles. The van der Waals surface area contributed by atoms with Crippen LogP contribution in [0.3, 0.4) is 0 Å². The molecule has 0 aromatic heterocycles. The van der Waals surface area contributed by atoms with Gasteiger partial charge in [-0.1, -0.05) is 91.0 Å². The first-order valence-corrected chi connectivity index (χ1v) is 12.4. The summed E-state index contributed by atoms with van der Waals surface area (Å²) in [6.45, 7) is 5.32. The Morgan fingerprint density at radius 1 is 0.800 bits per heavy atom. The first-order chi connectivity index (χ1) is 17.0. The number of hydrogen-bond acceptors (Lipinski definition) is 5. The molecule has 5 nitrogen and oxygen atoms in total. The molecule has 1 heterocycles. The van der Waals surface area contributed by atoms with Crippen LogP contribution in [0.4, 0.5) is 0 Å². The van der Waals surface area contributed by atoms with Crippen molar-refractivity contribution >= 4 is 0 Å². The predicted octanol–water partition coefficient (Wildman–Crippen LogP) is 5.82. The number of ether oxygens (including phenoxy) is 4. The van der Waals surface area contributed by atoms with Gasteiger partial charge in [0.1, 0.15) is 18.3 Å². The van der Waals surface area contributed by atoms with Crippen molar-refractivity contribution in [2.45, 2.75) is 70.1 Å². The van der Waals surface area contributed by atoms with E-state index in [2.05, 4.69) is 0 Å². The van der Waals surface area contributed by atoms with Crippen LogP contribution in [0.5, 0.6) is 0 Å². The quantitative estimate of drug-likeness (QED) is 0.334. The number of aliphatic hydroxyl groups is 1. The van der Waals surface area contributed by atoms with Crippen LogP contribution in [0.25, 0.3) is 0 Å². The molecule has 4 rings (SSSR count). The van der Waals surface area contributed by atoms with Crippen LogP contribution in [-0.4, -0.2) is 35.8 Å². The summed E-state index contributed by atoms with van der Waals surface area (Å²) in [5.41, 5.74) is 3.20. The maximum Gasteiger partial charge on any atom is 0.164 e. The van der Waals surface area contributed by atoms with Crippen molar-refractivity contribution in [2.75, 3.05) is 6.61 Å². The van der Waals surface area contributed by atoms with Gasteiger partial charge in [0.05, 0.1) is 19.3 Å². The van der Waals surface area contributed by atoms with Crippen LogP contribution in [0.15, 0.2) is 91.0 Å². The average molecular weight is 477 g/mol. The summed E-state index contributed by atoms with van der Waals surface area (Å²) in [5, 5.41) is 11.3. The Bertz CT molecular complexity index is 993. The molecule has 0 aliphatic carbocycles. The molecule has 1 fully saturated rings. The van der Waals surface area contributed by atoms with Gasteiger partial charge in [-0.3, -0.25) is 0 Å². The molecule has 1 aliphatic heterocycles. The van der Waals surface area contributed by atoms with Gasteiger partial charge in [-0.2, -0.15) is 0 Å². The minimum absolute atomic E-state index is 0.337. The lowest BCUT2D eigenvalue weighted by Gasteiger charge is -2.31. The molecule has 0 radical (unpaired) electrons. The van der Waals surface area contributed by atoms with Gasteiger partial charge < -0.3 is 24.1 Å². The van der Waals surface area contributed by atoms with E-state index in [9.17, 15) is 5.11 Å². The zero-order valence-electron chi connectivity index (χ0n) is 20.6. The summed E-state index contributed by atoms with van der Waals surface area (Å²) in [4.78, 5) is 0. The van der Waals surface area contributed by atoms with E-state index in [1.54, 1.807) is 0 Å². The zero-order chi connectivity index (χ0) is 24.5. The minimum atomic E-state index is -0.780. The lowest BCUT2D eigenvalue weighted by Crippen LogP contribution is -2.43. The van der Waals surface area contributed by atoms with Crippen molar-refractivity contribution in [3.8, 4) is 0 Å². The van der Waals surface area contributed by atoms with Gasteiger partial charge >= 0.3 is 0 Å². The second-order valence-corrected chi connectivity index (χ2v) is 9.44. The van der Waals surface area contributed by atoms with Crippen LogP contribution in [0.2, 0.25) is 0 Å². The lowest BCUT2D eigenvalue weighted by atomic mass is 9.95. The second kappa shape index (κ2) is 12.4. The van der Waals surface area contributed by atoms with Gasteiger partial charge in [-0.25, -0.2) is 0 Å². The second-order valence-electron chi connectivity index (χ2n) is 9.44. The summed E-state index contributed by atoms with van der Waals surface area (Å²) in [5.74, 6) is -0.780. The van der Waals surface area contributed by atoms with Crippen molar-refractivity contribution in [1.29, 1.82) is 0 Å². The van der Waals surface area contributed by atoms with E-state index < -0.39 is 24.1 Å². The van der Waals surface area contributed by atoms with Crippen LogP contribution in [0, 0.1) is 0 Å². The highest BCUT2D eigenvalue weighted by atomic mass is 16.8. The van der Waals surface area contributed by atoms with E-state index in [1.807, 2.05) is 105 Å². The Labute approximate surface area is 208 Å². The van der Waals surface area contributed by atoms with Crippen LogP contribution in [0.1, 0.15) is 49.5 Å². The monoisotopic (exact) mass is 476 g/mol. The van der Waals surface area contributed by atoms with Crippen molar-refractivity contribution in [3.05, 3.63) is 108 Å². The maximum atomic E-state index is 11.3. The molecule has 0 bridgehead atoms. The topological polar surface area (TPSA) is 57.2 Å². The highest BCUT2D eigenvalue weighted by molar-refractivity contribution is 5.21. The van der Waals surface area contributed by atoms with Crippen molar-refractivity contribution in [1.82, 2.24) is 0 Å². The normalized spacial score (nSPS) is 21.0. The number of benzene rings is 3. The Hall–Kier alpha value is -2.54. The first-order valence-electron chi connectivity index (χ1n) is 12.4. The molecule has 0 unspecified atom stereocenters. The SMILES string of the molecule is CC1(C)O[C@@H]([C@H](OCc2ccccc2)[C@H](O)CCCOCc2ccccc2)[C@@H](c2ccccc2)O1. The smallest absolute Gasteiger partial charge is 0.164 e. The summed E-state index contributed by atoms with van der Waals surface area (Å²) >= 11 is 0. The highest BCUT2D eigenvalue weighted by Crippen LogP contribution is 2.41. The van der Waals surface area contributed by atoms with Crippen molar-refractivity contribution < 1.29 is 24.1 Å². The number of aliphatic hydroxyl groups excluding tert-OH is 1. The maximum absolute atomic E-state index is 11.3. The predicted molar refractivity (Wildman–Crippen MR) is 136 cm³/mol. The van der Waals surface area contributed by atoms with Crippen molar-refractivity contribution in [3.63, 3.8) is 0 Å². The van der Waals surface area contributed by atoms with Gasteiger partial charge in [0, 0.05) is 6.61 Å².